The quantitative estimate of drug-likeness (QED) is 0.489. The molecule has 1 aliphatic rings. The third-order valence-corrected chi connectivity index (χ3v) is 4.90. The van der Waals surface area contributed by atoms with Crippen LogP contribution in [-0.2, 0) is 11.2 Å². The molecule has 0 bridgehead atoms. The van der Waals surface area contributed by atoms with Gasteiger partial charge < -0.3 is 14.4 Å². The second kappa shape index (κ2) is 8.73. The Morgan fingerprint density at radius 3 is 2.45 bits per heavy atom. The molecule has 0 saturated carbocycles. The number of nitrogens with zero attached hydrogens (tertiary/aromatic N) is 2. The van der Waals surface area contributed by atoms with Crippen LogP contribution in [-0.4, -0.2) is 35.0 Å². The van der Waals surface area contributed by atoms with Crippen LogP contribution < -0.4 is 9.47 Å². The van der Waals surface area contributed by atoms with Crippen molar-refractivity contribution in [1.29, 1.82) is 0 Å². The maximum absolute atomic E-state index is 12.3. The summed E-state index contributed by atoms with van der Waals surface area (Å²) in [7, 11) is 0. The van der Waals surface area contributed by atoms with Gasteiger partial charge in [-0.25, -0.2) is 4.79 Å². The average molecular weight is 390 g/mol. The molecule has 4 rings (SSSR count). The number of hydrogen-bond donors (Lipinski definition) is 0. The number of carbonyl (C=O) groups excluding carboxylic acids is 2. The number of amides is 1. The molecule has 2 heterocycles. The minimum absolute atomic E-state index is 0.126. The van der Waals surface area contributed by atoms with Crippen molar-refractivity contribution >= 4 is 23.0 Å². The Kier molecular flexibility index (Phi) is 5.70. The van der Waals surface area contributed by atoms with E-state index in [0.29, 0.717) is 11.5 Å². The van der Waals surface area contributed by atoms with Gasteiger partial charge in [0.25, 0.3) is 0 Å². The summed E-state index contributed by atoms with van der Waals surface area (Å²) in [6, 6.07) is 16.1. The van der Waals surface area contributed by atoms with Gasteiger partial charge >= 0.3 is 12.1 Å². The number of aromatic nitrogens is 1. The maximum atomic E-state index is 12.3. The first-order valence-electron chi connectivity index (χ1n) is 9.78. The summed E-state index contributed by atoms with van der Waals surface area (Å²) in [4.78, 5) is 30.4. The molecule has 3 aromatic rings. The van der Waals surface area contributed by atoms with Crippen molar-refractivity contribution in [2.45, 2.75) is 25.7 Å². The van der Waals surface area contributed by atoms with Crippen LogP contribution in [0.25, 0.3) is 10.9 Å². The smallest absolute Gasteiger partial charge is 0.415 e. The van der Waals surface area contributed by atoms with Gasteiger partial charge in [0.15, 0.2) is 0 Å². The monoisotopic (exact) mass is 390 g/mol. The standard InChI is InChI=1S/C23H22N2O4/c26-22(28-20-11-8-18-5-4-12-24-21(18)16-20)15-17-6-9-19(10-7-17)29-23(27)25-13-2-1-3-14-25/h4-12,16H,1-3,13-15H2. The lowest BCUT2D eigenvalue weighted by Gasteiger charge is -2.25. The van der Waals surface area contributed by atoms with Crippen molar-refractivity contribution in [1.82, 2.24) is 9.88 Å². The molecule has 1 amide bonds. The first-order chi connectivity index (χ1) is 14.2. The van der Waals surface area contributed by atoms with Gasteiger partial charge in [-0.2, -0.15) is 0 Å². The fourth-order valence-corrected chi connectivity index (χ4v) is 3.36. The fraction of sp³-hybridized carbons (Fsp3) is 0.261. The van der Waals surface area contributed by atoms with E-state index in [4.69, 9.17) is 9.47 Å². The molecule has 6 heteroatoms. The Bertz CT molecular complexity index is 1010. The lowest BCUT2D eigenvalue weighted by molar-refractivity contribution is -0.133. The van der Waals surface area contributed by atoms with Gasteiger partial charge in [-0.1, -0.05) is 18.2 Å². The first kappa shape index (κ1) is 18.9. The molecule has 0 spiro atoms. The van der Waals surface area contributed by atoms with Crippen molar-refractivity contribution in [3.05, 3.63) is 66.4 Å². The molecule has 0 aliphatic carbocycles. The molecule has 0 atom stereocenters. The molecule has 148 valence electrons. The number of piperidine rings is 1. The second-order valence-electron chi connectivity index (χ2n) is 7.07. The van der Waals surface area contributed by atoms with Gasteiger partial charge in [-0.3, -0.25) is 9.78 Å². The van der Waals surface area contributed by atoms with E-state index in [0.717, 1.165) is 48.8 Å². The Hall–Kier alpha value is -3.41. The highest BCUT2D eigenvalue weighted by atomic mass is 16.6. The van der Waals surface area contributed by atoms with Crippen LogP contribution in [0.4, 0.5) is 4.79 Å². The van der Waals surface area contributed by atoms with Crippen molar-refractivity contribution in [3.63, 3.8) is 0 Å². The highest BCUT2D eigenvalue weighted by Crippen LogP contribution is 2.20. The minimum Gasteiger partial charge on any atom is -0.426 e. The maximum Gasteiger partial charge on any atom is 0.415 e. The molecule has 1 saturated heterocycles. The zero-order valence-electron chi connectivity index (χ0n) is 16.0. The average Bonchev–Trinajstić information content (AvgIpc) is 2.75. The van der Waals surface area contributed by atoms with Crippen molar-refractivity contribution in [2.24, 2.45) is 0 Å². The van der Waals surface area contributed by atoms with E-state index in [2.05, 4.69) is 4.98 Å². The van der Waals surface area contributed by atoms with E-state index in [1.807, 2.05) is 18.2 Å². The summed E-state index contributed by atoms with van der Waals surface area (Å²) in [5.41, 5.74) is 1.56. The number of carbonyl (C=O) groups is 2. The molecule has 1 aromatic heterocycles. The summed E-state index contributed by atoms with van der Waals surface area (Å²) in [6.45, 7) is 1.49. The van der Waals surface area contributed by atoms with E-state index in [1.165, 1.54) is 0 Å². The first-order valence-corrected chi connectivity index (χ1v) is 9.78. The fourth-order valence-electron chi connectivity index (χ4n) is 3.36. The molecule has 1 aliphatic heterocycles. The van der Waals surface area contributed by atoms with Crippen molar-refractivity contribution in [2.75, 3.05) is 13.1 Å². The molecule has 0 radical (unpaired) electrons. The van der Waals surface area contributed by atoms with Gasteiger partial charge in [-0.15, -0.1) is 0 Å². The molecule has 0 unspecified atom stereocenters. The van der Waals surface area contributed by atoms with E-state index < -0.39 is 0 Å². The topological polar surface area (TPSA) is 68.7 Å². The van der Waals surface area contributed by atoms with Crippen LogP contribution in [0.5, 0.6) is 11.5 Å². The number of likely N-dealkylation sites (tertiary alicyclic amines) is 1. The van der Waals surface area contributed by atoms with E-state index in [1.54, 1.807) is 47.5 Å². The molecular formula is C23H22N2O4. The number of benzene rings is 2. The summed E-state index contributed by atoms with van der Waals surface area (Å²) in [5.74, 6) is 0.574. The minimum atomic E-state index is -0.363. The van der Waals surface area contributed by atoms with Gasteiger partial charge in [0.1, 0.15) is 11.5 Å². The number of pyridine rings is 1. The zero-order chi connectivity index (χ0) is 20.1. The molecule has 1 fully saturated rings. The third-order valence-electron chi connectivity index (χ3n) is 4.90. The highest BCUT2D eigenvalue weighted by Gasteiger charge is 2.18. The van der Waals surface area contributed by atoms with Gasteiger partial charge in [0.05, 0.1) is 11.9 Å². The molecule has 0 N–H and O–H groups in total. The third kappa shape index (κ3) is 4.90. The van der Waals surface area contributed by atoms with Crippen molar-refractivity contribution in [3.8, 4) is 11.5 Å². The van der Waals surface area contributed by atoms with E-state index in [9.17, 15) is 9.59 Å². The SMILES string of the molecule is O=C(Cc1ccc(OC(=O)N2CCCCC2)cc1)Oc1ccc2cccnc2c1. The predicted octanol–water partition coefficient (Wildman–Crippen LogP) is 4.37. The number of hydrogen-bond acceptors (Lipinski definition) is 5. The molecule has 29 heavy (non-hydrogen) atoms. The zero-order valence-corrected chi connectivity index (χ0v) is 16.0. The largest absolute Gasteiger partial charge is 0.426 e. The Morgan fingerprint density at radius 2 is 1.66 bits per heavy atom. The Balaban J connectivity index is 1.32. The van der Waals surface area contributed by atoms with Gasteiger partial charge in [-0.05, 0) is 55.2 Å². The predicted molar refractivity (Wildman–Crippen MR) is 109 cm³/mol. The normalized spacial score (nSPS) is 13.9. The Labute approximate surface area is 169 Å². The number of fused-ring (bicyclic) bond motifs is 1. The second-order valence-corrected chi connectivity index (χ2v) is 7.07. The summed E-state index contributed by atoms with van der Waals surface area (Å²) < 4.78 is 10.8. The number of ether oxygens (including phenoxy) is 2. The summed E-state index contributed by atoms with van der Waals surface area (Å²) in [5, 5.41) is 0.988. The van der Waals surface area contributed by atoms with Crippen LogP contribution in [0.1, 0.15) is 24.8 Å². The van der Waals surface area contributed by atoms with E-state index in [-0.39, 0.29) is 18.5 Å². The van der Waals surface area contributed by atoms with Crippen LogP contribution >= 0.6 is 0 Å². The summed E-state index contributed by atoms with van der Waals surface area (Å²) >= 11 is 0. The van der Waals surface area contributed by atoms with Gasteiger partial charge in [0, 0.05) is 30.7 Å². The lowest BCUT2D eigenvalue weighted by atomic mass is 10.1. The highest BCUT2D eigenvalue weighted by molar-refractivity contribution is 5.81. The molecule has 2 aromatic carbocycles. The number of rotatable bonds is 4. The van der Waals surface area contributed by atoms with Crippen LogP contribution in [0.3, 0.4) is 0 Å². The molecule has 6 nitrogen and oxygen atoms in total. The van der Waals surface area contributed by atoms with Crippen LogP contribution in [0, 0.1) is 0 Å². The Morgan fingerprint density at radius 1 is 0.897 bits per heavy atom. The number of esters is 1. The lowest BCUT2D eigenvalue weighted by Crippen LogP contribution is -2.37. The van der Waals surface area contributed by atoms with Gasteiger partial charge in [0.2, 0.25) is 0 Å². The molecular weight excluding hydrogens is 368 g/mol. The van der Waals surface area contributed by atoms with E-state index >= 15 is 0 Å². The van der Waals surface area contributed by atoms with Crippen LogP contribution in [0.2, 0.25) is 0 Å². The van der Waals surface area contributed by atoms with Crippen molar-refractivity contribution < 1.29 is 19.1 Å². The summed E-state index contributed by atoms with van der Waals surface area (Å²) in [6.07, 6.45) is 4.70. The van der Waals surface area contributed by atoms with Crippen LogP contribution in [0.15, 0.2) is 60.8 Å².